The molecule has 7 rings (SSSR count). The summed E-state index contributed by atoms with van der Waals surface area (Å²) in [6, 6.07) is 9.12. The fourth-order valence-corrected chi connectivity index (χ4v) is 7.29. The third kappa shape index (κ3) is 7.40. The Morgan fingerprint density at radius 1 is 1.12 bits per heavy atom. The Hall–Kier alpha value is -4.71. The topological polar surface area (TPSA) is 143 Å². The molecule has 0 aliphatic heterocycles. The molecule has 3 heterocycles. The van der Waals surface area contributed by atoms with Gasteiger partial charge >= 0.3 is 11.8 Å². The van der Waals surface area contributed by atoms with Crippen LogP contribution in [0.3, 0.4) is 0 Å². The number of carbonyl (C=O) groups excluding carboxylic acids is 1. The molecule has 2 N–H and O–H groups in total. The number of aromatic nitrogens is 3. The van der Waals surface area contributed by atoms with Crippen molar-refractivity contribution >= 4 is 28.3 Å². The van der Waals surface area contributed by atoms with E-state index in [0.717, 1.165) is 49.8 Å². The van der Waals surface area contributed by atoms with E-state index >= 15 is 4.39 Å². The minimum atomic E-state index is -1.99. The van der Waals surface area contributed by atoms with Crippen LogP contribution in [0.2, 0.25) is 0 Å². The highest BCUT2D eigenvalue weighted by Gasteiger charge is 2.30. The molecule has 2 fully saturated rings. The Morgan fingerprint density at radius 2 is 1.92 bits per heavy atom. The van der Waals surface area contributed by atoms with Gasteiger partial charge in [0.05, 0.1) is 21.8 Å². The van der Waals surface area contributed by atoms with Crippen molar-refractivity contribution in [2.24, 2.45) is 17.0 Å². The van der Waals surface area contributed by atoms with Gasteiger partial charge in [0.25, 0.3) is 0 Å². The van der Waals surface area contributed by atoms with Crippen molar-refractivity contribution in [3.05, 3.63) is 104 Å². The summed E-state index contributed by atoms with van der Waals surface area (Å²) in [5.41, 5.74) is 3.67. The second-order valence-corrected chi connectivity index (χ2v) is 14.4. The Bertz CT molecular complexity index is 2230. The third-order valence-corrected chi connectivity index (χ3v) is 10.5. The standard InChI is InChI=1S/C36H32F2N4O6S2/c1-20-31(48-36(44)47-20)18-46-34(43)29-19-49-35(40-29)42-30(16-22-6-7-22)26(14-23-9-13-32(50(39)45)28(38)15-23)33(41-42)25-11-12-27(37)24(17-25)10-8-21-4-2-3-5-21/h9,11-13,15,17,19,21-22H,2-7,14,16,18,39H2,1H3. The van der Waals surface area contributed by atoms with Crippen LogP contribution in [-0.4, -0.2) is 24.9 Å². The summed E-state index contributed by atoms with van der Waals surface area (Å²) in [7, 11) is -1.99. The third-order valence-electron chi connectivity index (χ3n) is 8.92. The zero-order valence-corrected chi connectivity index (χ0v) is 28.6. The molecule has 3 aromatic heterocycles. The first-order valence-corrected chi connectivity index (χ1v) is 18.3. The van der Waals surface area contributed by atoms with Crippen LogP contribution in [0.4, 0.5) is 8.78 Å². The fraction of sp³-hybridized carbons (Fsp3) is 0.333. The second-order valence-electron chi connectivity index (χ2n) is 12.5. The lowest BCUT2D eigenvalue weighted by atomic mass is 9.96. The average molecular weight is 719 g/mol. The summed E-state index contributed by atoms with van der Waals surface area (Å²) in [5.74, 6) is 4.51. The number of esters is 1. The predicted molar refractivity (Wildman–Crippen MR) is 181 cm³/mol. The smallest absolute Gasteiger partial charge is 0.453 e. The van der Waals surface area contributed by atoms with Crippen LogP contribution in [0.25, 0.3) is 16.4 Å². The predicted octanol–water partition coefficient (Wildman–Crippen LogP) is 6.55. The molecular weight excluding hydrogens is 687 g/mol. The second kappa shape index (κ2) is 14.3. The van der Waals surface area contributed by atoms with Crippen LogP contribution < -0.4 is 11.0 Å². The van der Waals surface area contributed by atoms with Crippen LogP contribution in [0.1, 0.15) is 82.9 Å². The van der Waals surface area contributed by atoms with E-state index in [1.807, 2.05) is 0 Å². The van der Waals surface area contributed by atoms with Crippen molar-refractivity contribution in [2.45, 2.75) is 69.8 Å². The van der Waals surface area contributed by atoms with Gasteiger partial charge in [-0.15, -0.1) is 11.3 Å². The quantitative estimate of drug-likeness (QED) is 0.127. The van der Waals surface area contributed by atoms with Gasteiger partial charge in [-0.05, 0) is 80.8 Å². The summed E-state index contributed by atoms with van der Waals surface area (Å²) in [4.78, 5) is 28.8. The molecule has 14 heteroatoms. The summed E-state index contributed by atoms with van der Waals surface area (Å²) in [5, 5.41) is 12.4. The Labute approximate surface area is 292 Å². The average Bonchev–Trinajstić information content (AvgIpc) is 3.43. The Balaban J connectivity index is 1.29. The monoisotopic (exact) mass is 718 g/mol. The maximum atomic E-state index is 15.1. The molecule has 0 bridgehead atoms. The Kier molecular flexibility index (Phi) is 9.63. The first-order chi connectivity index (χ1) is 24.1. The van der Waals surface area contributed by atoms with Crippen molar-refractivity contribution in [2.75, 3.05) is 0 Å². The number of nitrogens with two attached hydrogens (primary N) is 1. The summed E-state index contributed by atoms with van der Waals surface area (Å²) in [6.07, 6.45) is 7.20. The molecule has 2 aliphatic rings. The van der Waals surface area contributed by atoms with E-state index < -0.39 is 34.4 Å². The van der Waals surface area contributed by atoms with Crippen LogP contribution in [0.5, 0.6) is 0 Å². The SMILES string of the molecule is Cc1oc(=O)oc1COC(=O)c1csc(-n2nc(-c3ccc(F)c(C#CC4CCCC4)c3)c(Cc3ccc(S(N)=O)c(F)c3)c2CC2CC2)n1. The number of hydrogen-bond acceptors (Lipinski definition) is 9. The molecule has 2 aromatic carbocycles. The highest BCUT2D eigenvalue weighted by atomic mass is 32.2. The molecule has 50 heavy (non-hydrogen) atoms. The number of hydrogen-bond donors (Lipinski definition) is 1. The lowest BCUT2D eigenvalue weighted by Gasteiger charge is -2.10. The van der Waals surface area contributed by atoms with Crippen LogP contribution in [0, 0.1) is 42.2 Å². The highest BCUT2D eigenvalue weighted by Crippen LogP contribution is 2.38. The fourth-order valence-electron chi connectivity index (χ4n) is 6.07. The van der Waals surface area contributed by atoms with E-state index in [9.17, 15) is 18.2 Å². The van der Waals surface area contributed by atoms with Gasteiger partial charge in [0.15, 0.2) is 23.8 Å². The lowest BCUT2D eigenvalue weighted by Crippen LogP contribution is -2.08. The van der Waals surface area contributed by atoms with Gasteiger partial charge in [0.2, 0.25) is 5.13 Å². The molecule has 0 radical (unpaired) electrons. The van der Waals surface area contributed by atoms with Crippen LogP contribution in [-0.2, 0) is 35.2 Å². The van der Waals surface area contributed by atoms with E-state index in [1.165, 1.54) is 36.5 Å². The van der Waals surface area contributed by atoms with Crippen molar-refractivity contribution < 1.29 is 31.4 Å². The molecule has 1 unspecified atom stereocenters. The van der Waals surface area contributed by atoms with Gasteiger partial charge in [-0.2, -0.15) is 5.10 Å². The molecule has 2 saturated carbocycles. The minimum absolute atomic E-state index is 0.0307. The van der Waals surface area contributed by atoms with E-state index in [2.05, 4.69) is 16.8 Å². The van der Waals surface area contributed by atoms with Gasteiger partial charge in [-0.25, -0.2) is 37.4 Å². The zero-order chi connectivity index (χ0) is 34.9. The normalized spacial score (nSPS) is 15.2. The van der Waals surface area contributed by atoms with Crippen LogP contribution >= 0.6 is 11.3 Å². The van der Waals surface area contributed by atoms with Gasteiger partial charge in [0, 0.05) is 28.8 Å². The van der Waals surface area contributed by atoms with Gasteiger partial charge in [0.1, 0.15) is 22.6 Å². The maximum Gasteiger partial charge on any atom is 0.519 e. The molecule has 10 nitrogen and oxygen atoms in total. The molecular formula is C36H32F2N4O6S2. The highest BCUT2D eigenvalue weighted by molar-refractivity contribution is 7.82. The largest absolute Gasteiger partial charge is 0.519 e. The Morgan fingerprint density at radius 3 is 2.62 bits per heavy atom. The number of rotatable bonds is 10. The number of halogens is 2. The molecule has 0 spiro atoms. The number of aryl methyl sites for hydroxylation is 1. The van der Waals surface area contributed by atoms with Crippen LogP contribution in [0.15, 0.2) is 60.3 Å². The molecule has 258 valence electrons. The summed E-state index contributed by atoms with van der Waals surface area (Å²) in [6.45, 7) is 1.22. The van der Waals surface area contributed by atoms with Gasteiger partial charge in [-0.1, -0.05) is 30.7 Å². The molecule has 2 aliphatic carbocycles. The van der Waals surface area contributed by atoms with Gasteiger partial charge < -0.3 is 13.6 Å². The van der Waals surface area contributed by atoms with E-state index in [4.69, 9.17) is 23.8 Å². The molecule has 5 aromatic rings. The number of benzene rings is 2. The van der Waals surface area contributed by atoms with E-state index in [-0.39, 0.29) is 46.6 Å². The maximum absolute atomic E-state index is 15.1. The minimum Gasteiger partial charge on any atom is -0.453 e. The van der Waals surface area contributed by atoms with Gasteiger partial charge in [-0.3, -0.25) is 0 Å². The number of carbonyl (C=O) groups is 1. The summed E-state index contributed by atoms with van der Waals surface area (Å²) < 4.78 is 58.6. The first-order valence-electron chi connectivity index (χ1n) is 16.2. The number of ether oxygens (including phenoxy) is 1. The lowest BCUT2D eigenvalue weighted by molar-refractivity contribution is 0.0437. The van der Waals surface area contributed by atoms with E-state index in [0.29, 0.717) is 34.3 Å². The van der Waals surface area contributed by atoms with Crippen molar-refractivity contribution in [3.63, 3.8) is 0 Å². The van der Waals surface area contributed by atoms with Crippen molar-refractivity contribution in [1.82, 2.24) is 14.8 Å². The van der Waals surface area contributed by atoms with Crippen molar-refractivity contribution in [1.29, 1.82) is 0 Å². The summed E-state index contributed by atoms with van der Waals surface area (Å²) >= 11 is 1.19. The number of nitrogens with zero attached hydrogens (tertiary/aromatic N) is 3. The zero-order valence-electron chi connectivity index (χ0n) is 27.0. The van der Waals surface area contributed by atoms with E-state index in [1.54, 1.807) is 28.3 Å². The van der Waals surface area contributed by atoms with Crippen molar-refractivity contribution in [3.8, 4) is 28.2 Å². The first kappa shape index (κ1) is 33.8. The molecule has 0 amide bonds. The molecule has 1 atom stereocenters. The number of thiazole rings is 1. The molecule has 0 saturated heterocycles.